The van der Waals surface area contributed by atoms with Crippen molar-refractivity contribution in [3.8, 4) is 17.2 Å². The highest BCUT2D eigenvalue weighted by atomic mass is 32.2. The number of anilines is 1. The van der Waals surface area contributed by atoms with Crippen molar-refractivity contribution in [3.05, 3.63) is 33.7 Å². The van der Waals surface area contributed by atoms with Gasteiger partial charge in [0.2, 0.25) is 11.7 Å². The van der Waals surface area contributed by atoms with Crippen molar-refractivity contribution in [3.63, 3.8) is 0 Å². The monoisotopic (exact) mass is 417 g/mol. The largest absolute Gasteiger partial charge is 0.493 e. The molecule has 2 aromatic rings. The minimum Gasteiger partial charge on any atom is -0.493 e. The van der Waals surface area contributed by atoms with Crippen molar-refractivity contribution < 1.29 is 19.0 Å². The van der Waals surface area contributed by atoms with E-state index in [-0.39, 0.29) is 23.9 Å². The van der Waals surface area contributed by atoms with Crippen molar-refractivity contribution in [2.45, 2.75) is 36.9 Å². The Labute approximate surface area is 172 Å². The fraction of sp³-hybridized carbons (Fsp3) is 0.450. The molecule has 1 atom stereocenters. The van der Waals surface area contributed by atoms with Crippen LogP contribution in [-0.2, 0) is 17.6 Å². The first-order chi connectivity index (χ1) is 14.0. The maximum atomic E-state index is 12.9. The van der Waals surface area contributed by atoms with E-state index in [0.29, 0.717) is 28.7 Å². The Morgan fingerprint density at radius 2 is 1.93 bits per heavy atom. The quantitative estimate of drug-likeness (QED) is 0.722. The minimum absolute atomic E-state index is 0.0121. The normalized spacial score (nSPS) is 16.9. The highest BCUT2D eigenvalue weighted by Gasteiger charge is 2.31. The zero-order chi connectivity index (χ0) is 20.5. The van der Waals surface area contributed by atoms with Gasteiger partial charge in [0.25, 0.3) is 5.56 Å². The van der Waals surface area contributed by atoms with Crippen LogP contribution >= 0.6 is 11.8 Å². The van der Waals surface area contributed by atoms with Crippen LogP contribution in [-0.4, -0.2) is 42.5 Å². The minimum atomic E-state index is -0.206. The Kier molecular flexibility index (Phi) is 5.40. The molecule has 1 aliphatic heterocycles. The highest BCUT2D eigenvalue weighted by Crippen LogP contribution is 2.40. The molecule has 1 unspecified atom stereocenters. The molecule has 1 aromatic carbocycles. The van der Waals surface area contributed by atoms with Crippen molar-refractivity contribution in [1.29, 1.82) is 0 Å². The van der Waals surface area contributed by atoms with Crippen molar-refractivity contribution >= 4 is 23.4 Å². The molecular weight excluding hydrogens is 394 g/mol. The average molecular weight is 417 g/mol. The van der Waals surface area contributed by atoms with E-state index in [1.54, 1.807) is 16.7 Å². The molecule has 0 bridgehead atoms. The highest BCUT2D eigenvalue weighted by molar-refractivity contribution is 7.99. The Balaban J connectivity index is 1.53. The summed E-state index contributed by atoms with van der Waals surface area (Å²) in [6, 6.07) is 3.15. The summed E-state index contributed by atoms with van der Waals surface area (Å²) in [4.78, 5) is 30.2. The second kappa shape index (κ2) is 7.98. The lowest BCUT2D eigenvalue weighted by atomic mass is 10.2. The second-order valence-corrected chi connectivity index (χ2v) is 7.97. The van der Waals surface area contributed by atoms with E-state index in [2.05, 4.69) is 10.3 Å². The number of aromatic nitrogens is 2. The molecular formula is C20H23N3O5S. The van der Waals surface area contributed by atoms with Gasteiger partial charge in [-0.15, -0.1) is 0 Å². The van der Waals surface area contributed by atoms with Crippen LogP contribution in [0.15, 0.2) is 22.1 Å². The first-order valence-corrected chi connectivity index (χ1v) is 10.4. The number of hydrogen-bond donors (Lipinski definition) is 1. The van der Waals surface area contributed by atoms with E-state index in [9.17, 15) is 9.59 Å². The van der Waals surface area contributed by atoms with Crippen LogP contribution in [0.4, 0.5) is 5.69 Å². The zero-order valence-corrected chi connectivity index (χ0v) is 17.4. The summed E-state index contributed by atoms with van der Waals surface area (Å²) in [6.07, 6.45) is 2.80. The van der Waals surface area contributed by atoms with Gasteiger partial charge in [-0.1, -0.05) is 11.8 Å². The van der Waals surface area contributed by atoms with Gasteiger partial charge in [-0.3, -0.25) is 14.2 Å². The lowest BCUT2D eigenvalue weighted by molar-refractivity contribution is -0.116. The zero-order valence-electron chi connectivity index (χ0n) is 16.6. The van der Waals surface area contributed by atoms with E-state index in [1.807, 2.05) is 0 Å². The summed E-state index contributed by atoms with van der Waals surface area (Å²) in [7, 11) is 4.57. The molecule has 1 aromatic heterocycles. The molecule has 1 N–H and O–H groups in total. The summed E-state index contributed by atoms with van der Waals surface area (Å²) >= 11 is 1.54. The molecule has 4 rings (SSSR count). The van der Waals surface area contributed by atoms with Crippen LogP contribution in [0.5, 0.6) is 17.2 Å². The number of amides is 1. The molecule has 0 radical (unpaired) electrons. The lowest BCUT2D eigenvalue weighted by Gasteiger charge is -2.16. The number of nitrogens with zero attached hydrogens (tertiary/aromatic N) is 2. The molecule has 2 heterocycles. The van der Waals surface area contributed by atoms with Crippen LogP contribution in [0.1, 0.15) is 30.1 Å². The number of ether oxygens (including phenoxy) is 3. The number of carbonyl (C=O) groups excluding carboxylic acids is 1. The smallest absolute Gasteiger partial charge is 0.257 e. The first-order valence-electron chi connectivity index (χ1n) is 9.42. The summed E-state index contributed by atoms with van der Waals surface area (Å²) in [6.45, 7) is 0. The third-order valence-electron chi connectivity index (χ3n) is 5.24. The summed E-state index contributed by atoms with van der Waals surface area (Å²) < 4.78 is 17.7. The molecule has 2 aliphatic rings. The van der Waals surface area contributed by atoms with Gasteiger partial charge in [-0.25, -0.2) is 4.98 Å². The topological polar surface area (TPSA) is 91.7 Å². The molecule has 9 heteroatoms. The molecule has 0 saturated carbocycles. The molecule has 8 nitrogen and oxygen atoms in total. The number of benzene rings is 1. The van der Waals surface area contributed by atoms with Gasteiger partial charge in [0, 0.05) is 35.6 Å². The Hall–Kier alpha value is -2.68. The Bertz CT molecular complexity index is 995. The number of fused-ring (bicyclic) bond motifs is 2. The van der Waals surface area contributed by atoms with Crippen molar-refractivity contribution in [1.82, 2.24) is 9.55 Å². The van der Waals surface area contributed by atoms with Crippen LogP contribution in [0.25, 0.3) is 0 Å². The van der Waals surface area contributed by atoms with Crippen LogP contribution < -0.4 is 25.1 Å². The number of aryl methyl sites for hydroxylation is 1. The summed E-state index contributed by atoms with van der Waals surface area (Å²) in [5, 5.41) is 3.60. The number of carbonyl (C=O) groups is 1. The van der Waals surface area contributed by atoms with E-state index in [0.717, 1.165) is 35.7 Å². The number of methoxy groups -OCH3 is 3. The Morgan fingerprint density at radius 3 is 2.59 bits per heavy atom. The van der Waals surface area contributed by atoms with Gasteiger partial charge in [-0.05, 0) is 19.3 Å². The van der Waals surface area contributed by atoms with Crippen molar-refractivity contribution in [2.75, 3.05) is 32.4 Å². The third kappa shape index (κ3) is 3.55. The van der Waals surface area contributed by atoms with Gasteiger partial charge < -0.3 is 19.5 Å². The fourth-order valence-electron chi connectivity index (χ4n) is 3.88. The number of nitrogens with one attached hydrogen (secondary N) is 1. The van der Waals surface area contributed by atoms with Gasteiger partial charge in [0.1, 0.15) is 0 Å². The molecule has 0 fully saturated rings. The van der Waals surface area contributed by atoms with E-state index < -0.39 is 0 Å². The van der Waals surface area contributed by atoms with E-state index >= 15 is 0 Å². The molecule has 29 heavy (non-hydrogen) atoms. The van der Waals surface area contributed by atoms with Crippen molar-refractivity contribution in [2.24, 2.45) is 0 Å². The SMILES string of the molecule is COc1cc(NC(=O)CC2CSc3nc4c(c(=O)n32)CCC4)cc(OC)c1OC. The molecule has 154 valence electrons. The predicted octanol–water partition coefficient (Wildman–Crippen LogP) is 2.43. The number of rotatable bonds is 6. The molecule has 1 aliphatic carbocycles. The lowest BCUT2D eigenvalue weighted by Crippen LogP contribution is -2.30. The van der Waals surface area contributed by atoms with Gasteiger partial charge in [-0.2, -0.15) is 0 Å². The third-order valence-corrected chi connectivity index (χ3v) is 6.34. The number of hydrogen-bond acceptors (Lipinski definition) is 7. The van der Waals surface area contributed by atoms with Gasteiger partial charge in [0.15, 0.2) is 16.7 Å². The molecule has 1 amide bonds. The van der Waals surface area contributed by atoms with Crippen LogP contribution in [0, 0.1) is 0 Å². The fourth-order valence-corrected chi connectivity index (χ4v) is 5.04. The number of thioether (sulfide) groups is 1. The average Bonchev–Trinajstić information content (AvgIpc) is 3.34. The standard InChI is InChI=1S/C20H23N3O5S/c1-26-15-7-11(8-16(27-2)18(15)28-3)21-17(24)9-12-10-29-20-22-14-6-4-5-13(14)19(25)23(12)20/h7-8,12H,4-6,9-10H2,1-3H3,(H,21,24). The maximum absolute atomic E-state index is 12.9. The predicted molar refractivity (Wildman–Crippen MR) is 110 cm³/mol. The first kappa shape index (κ1) is 19.6. The maximum Gasteiger partial charge on any atom is 0.257 e. The van der Waals surface area contributed by atoms with E-state index in [1.165, 1.54) is 33.1 Å². The summed E-state index contributed by atoms with van der Waals surface area (Å²) in [5.41, 5.74) is 2.29. The Morgan fingerprint density at radius 1 is 1.21 bits per heavy atom. The van der Waals surface area contributed by atoms with Gasteiger partial charge in [0.05, 0.1) is 33.1 Å². The van der Waals surface area contributed by atoms with Crippen LogP contribution in [0.2, 0.25) is 0 Å². The van der Waals surface area contributed by atoms with E-state index in [4.69, 9.17) is 14.2 Å². The van der Waals surface area contributed by atoms with Crippen LogP contribution in [0.3, 0.4) is 0 Å². The second-order valence-electron chi connectivity index (χ2n) is 6.98. The molecule has 0 spiro atoms. The van der Waals surface area contributed by atoms with Gasteiger partial charge >= 0.3 is 0 Å². The molecule has 0 saturated heterocycles. The summed E-state index contributed by atoms with van der Waals surface area (Å²) in [5.74, 6) is 1.85.